The van der Waals surface area contributed by atoms with Crippen molar-refractivity contribution in [2.45, 2.75) is 31.5 Å². The molecule has 5 heteroatoms. The minimum absolute atomic E-state index is 0.176. The minimum atomic E-state index is -0.253. The van der Waals surface area contributed by atoms with E-state index in [-0.39, 0.29) is 11.7 Å². The van der Waals surface area contributed by atoms with Crippen LogP contribution < -0.4 is 5.73 Å². The average Bonchev–Trinajstić information content (AvgIpc) is 2.54. The van der Waals surface area contributed by atoms with Crippen LogP contribution in [0.25, 0.3) is 0 Å². The van der Waals surface area contributed by atoms with Gasteiger partial charge in [-0.1, -0.05) is 30.3 Å². The van der Waals surface area contributed by atoms with Crippen LogP contribution in [0.15, 0.2) is 30.3 Å². The van der Waals surface area contributed by atoms with Gasteiger partial charge in [-0.15, -0.1) is 0 Å². The first-order valence-corrected chi connectivity index (χ1v) is 7.40. The number of amides is 1. The summed E-state index contributed by atoms with van der Waals surface area (Å²) in [6.45, 7) is 2.23. The molecule has 0 atom stereocenters. The molecule has 2 rings (SSSR count). The van der Waals surface area contributed by atoms with Gasteiger partial charge in [-0.05, 0) is 31.4 Å². The number of hydrogen-bond donors (Lipinski definition) is 1. The molecule has 116 valence electrons. The molecular weight excluding hydrogens is 268 g/mol. The molecule has 1 fully saturated rings. The summed E-state index contributed by atoms with van der Waals surface area (Å²) in [6.07, 6.45) is 2.19. The molecule has 1 saturated heterocycles. The third-order valence-corrected chi connectivity index (χ3v) is 4.17. The van der Waals surface area contributed by atoms with Crippen LogP contribution in [0.3, 0.4) is 0 Å². The summed E-state index contributed by atoms with van der Waals surface area (Å²) < 4.78 is 11.0. The van der Waals surface area contributed by atoms with Crippen LogP contribution >= 0.6 is 0 Å². The molecule has 0 unspecified atom stereocenters. The van der Waals surface area contributed by atoms with Gasteiger partial charge < -0.3 is 20.1 Å². The molecule has 0 bridgehead atoms. The molecule has 1 aliphatic rings. The second-order valence-electron chi connectivity index (χ2n) is 5.45. The standard InChI is InChI=1S/C16H24N2O3/c1-20-16(7-10-17)8-11-18(12-9-16)15(19)21-13-14-5-3-2-4-6-14/h2-6H,7-13,17H2,1H3. The lowest BCUT2D eigenvalue weighted by atomic mass is 9.88. The normalized spacial score (nSPS) is 17.5. The fraction of sp³-hybridized carbons (Fsp3) is 0.562. The Balaban J connectivity index is 1.80. The molecule has 1 heterocycles. The summed E-state index contributed by atoms with van der Waals surface area (Å²) >= 11 is 0. The van der Waals surface area contributed by atoms with Crippen molar-refractivity contribution in [1.82, 2.24) is 4.90 Å². The smallest absolute Gasteiger partial charge is 0.410 e. The highest BCUT2D eigenvalue weighted by Gasteiger charge is 2.35. The van der Waals surface area contributed by atoms with Crippen molar-refractivity contribution in [3.8, 4) is 0 Å². The lowest BCUT2D eigenvalue weighted by Crippen LogP contribution is -2.48. The Morgan fingerprint density at radius 3 is 2.52 bits per heavy atom. The summed E-state index contributed by atoms with van der Waals surface area (Å²) in [5.41, 5.74) is 6.46. The van der Waals surface area contributed by atoms with E-state index in [2.05, 4.69) is 0 Å². The minimum Gasteiger partial charge on any atom is -0.445 e. The summed E-state index contributed by atoms with van der Waals surface area (Å²) in [6, 6.07) is 9.70. The van der Waals surface area contributed by atoms with Crippen LogP contribution in [0.1, 0.15) is 24.8 Å². The zero-order valence-corrected chi connectivity index (χ0v) is 12.6. The third kappa shape index (κ3) is 4.19. The van der Waals surface area contributed by atoms with Crippen LogP contribution in [0.2, 0.25) is 0 Å². The molecule has 5 nitrogen and oxygen atoms in total. The van der Waals surface area contributed by atoms with Crippen LogP contribution in [0.4, 0.5) is 4.79 Å². The van der Waals surface area contributed by atoms with Crippen molar-refractivity contribution in [1.29, 1.82) is 0 Å². The predicted octanol–water partition coefficient (Wildman–Crippen LogP) is 2.15. The number of rotatable bonds is 5. The highest BCUT2D eigenvalue weighted by molar-refractivity contribution is 5.67. The summed E-state index contributed by atoms with van der Waals surface area (Å²) in [4.78, 5) is 13.8. The number of nitrogens with two attached hydrogens (primary N) is 1. The molecular formula is C16H24N2O3. The van der Waals surface area contributed by atoms with Gasteiger partial charge in [0.2, 0.25) is 0 Å². The molecule has 21 heavy (non-hydrogen) atoms. The molecule has 1 aromatic rings. The number of nitrogens with zero attached hydrogens (tertiary/aromatic N) is 1. The van der Waals surface area contributed by atoms with Crippen molar-refractivity contribution in [2.24, 2.45) is 5.73 Å². The Labute approximate surface area is 126 Å². The first-order valence-electron chi connectivity index (χ1n) is 7.40. The lowest BCUT2D eigenvalue weighted by Gasteiger charge is -2.40. The van der Waals surface area contributed by atoms with E-state index in [1.807, 2.05) is 30.3 Å². The van der Waals surface area contributed by atoms with Gasteiger partial charge in [-0.2, -0.15) is 0 Å². The topological polar surface area (TPSA) is 64.8 Å². The molecule has 0 saturated carbocycles. The average molecular weight is 292 g/mol. The van der Waals surface area contributed by atoms with E-state index in [1.54, 1.807) is 12.0 Å². The predicted molar refractivity (Wildman–Crippen MR) is 80.8 cm³/mol. The number of ether oxygens (including phenoxy) is 2. The van der Waals surface area contributed by atoms with E-state index in [0.29, 0.717) is 26.2 Å². The van der Waals surface area contributed by atoms with E-state index < -0.39 is 0 Å². The monoisotopic (exact) mass is 292 g/mol. The van der Waals surface area contributed by atoms with E-state index >= 15 is 0 Å². The van der Waals surface area contributed by atoms with E-state index in [1.165, 1.54) is 0 Å². The third-order valence-electron chi connectivity index (χ3n) is 4.17. The van der Waals surface area contributed by atoms with Crippen LogP contribution in [-0.2, 0) is 16.1 Å². The molecule has 0 radical (unpaired) electrons. The SMILES string of the molecule is COC1(CCN)CCN(C(=O)OCc2ccccc2)CC1. The van der Waals surface area contributed by atoms with Gasteiger partial charge in [0, 0.05) is 20.2 Å². The molecule has 2 N–H and O–H groups in total. The van der Waals surface area contributed by atoms with Crippen LogP contribution in [0.5, 0.6) is 0 Å². The molecule has 1 aliphatic heterocycles. The molecule has 0 spiro atoms. The van der Waals surface area contributed by atoms with Crippen LogP contribution in [0, 0.1) is 0 Å². The maximum absolute atomic E-state index is 12.1. The van der Waals surface area contributed by atoms with Crippen molar-refractivity contribution in [2.75, 3.05) is 26.7 Å². The quantitative estimate of drug-likeness (QED) is 0.903. The van der Waals surface area contributed by atoms with Gasteiger partial charge in [-0.25, -0.2) is 4.79 Å². The number of benzene rings is 1. The van der Waals surface area contributed by atoms with Gasteiger partial charge >= 0.3 is 6.09 Å². The Kier molecular flexibility index (Phi) is 5.59. The molecule has 1 amide bonds. The van der Waals surface area contributed by atoms with Crippen LogP contribution in [-0.4, -0.2) is 43.3 Å². The number of carbonyl (C=O) groups is 1. The van der Waals surface area contributed by atoms with Gasteiger partial charge in [0.1, 0.15) is 6.61 Å². The molecule has 1 aromatic carbocycles. The Morgan fingerprint density at radius 1 is 1.29 bits per heavy atom. The Morgan fingerprint density at radius 2 is 1.95 bits per heavy atom. The van der Waals surface area contributed by atoms with Crippen molar-refractivity contribution < 1.29 is 14.3 Å². The van der Waals surface area contributed by atoms with Gasteiger partial charge in [0.15, 0.2) is 0 Å². The molecule has 0 aliphatic carbocycles. The number of hydrogen-bond acceptors (Lipinski definition) is 4. The summed E-state index contributed by atoms with van der Waals surface area (Å²) in [5.74, 6) is 0. The maximum atomic E-state index is 12.1. The summed E-state index contributed by atoms with van der Waals surface area (Å²) in [7, 11) is 1.72. The van der Waals surface area contributed by atoms with E-state index in [9.17, 15) is 4.79 Å². The Hall–Kier alpha value is -1.59. The zero-order chi connectivity index (χ0) is 15.1. The fourth-order valence-electron chi connectivity index (χ4n) is 2.73. The van der Waals surface area contributed by atoms with Gasteiger partial charge in [0.25, 0.3) is 0 Å². The first-order chi connectivity index (χ1) is 10.2. The fourth-order valence-corrected chi connectivity index (χ4v) is 2.73. The number of carbonyl (C=O) groups excluding carboxylic acids is 1. The van der Waals surface area contributed by atoms with E-state index in [4.69, 9.17) is 15.2 Å². The largest absolute Gasteiger partial charge is 0.445 e. The van der Waals surface area contributed by atoms with E-state index in [0.717, 1.165) is 24.8 Å². The van der Waals surface area contributed by atoms with Crippen molar-refractivity contribution >= 4 is 6.09 Å². The maximum Gasteiger partial charge on any atom is 0.410 e. The second kappa shape index (κ2) is 7.43. The van der Waals surface area contributed by atoms with Crippen molar-refractivity contribution in [3.05, 3.63) is 35.9 Å². The lowest BCUT2D eigenvalue weighted by molar-refractivity contribution is -0.0589. The van der Waals surface area contributed by atoms with Gasteiger partial charge in [-0.3, -0.25) is 0 Å². The van der Waals surface area contributed by atoms with Crippen molar-refractivity contribution in [3.63, 3.8) is 0 Å². The number of piperidine rings is 1. The highest BCUT2D eigenvalue weighted by atomic mass is 16.6. The molecule has 0 aromatic heterocycles. The number of likely N-dealkylation sites (tertiary alicyclic amines) is 1. The highest BCUT2D eigenvalue weighted by Crippen LogP contribution is 2.29. The summed E-state index contributed by atoms with van der Waals surface area (Å²) in [5, 5.41) is 0. The van der Waals surface area contributed by atoms with Gasteiger partial charge in [0.05, 0.1) is 5.60 Å². The Bertz CT molecular complexity index is 442. The second-order valence-corrected chi connectivity index (χ2v) is 5.45. The first kappa shape index (κ1) is 15.8. The number of methoxy groups -OCH3 is 1. The zero-order valence-electron chi connectivity index (χ0n) is 12.6.